The average Bonchev–Trinajstić information content (AvgIpc) is 3.29. The maximum Gasteiger partial charge on any atom is 0.291 e. The van der Waals surface area contributed by atoms with E-state index in [1.807, 2.05) is 37.3 Å². The van der Waals surface area contributed by atoms with Crippen molar-refractivity contribution in [3.63, 3.8) is 0 Å². The van der Waals surface area contributed by atoms with Gasteiger partial charge in [-0.3, -0.25) is 4.79 Å². The summed E-state index contributed by atoms with van der Waals surface area (Å²) >= 11 is 5.82. The van der Waals surface area contributed by atoms with Crippen LogP contribution in [0.15, 0.2) is 70.4 Å². The Morgan fingerprint density at radius 2 is 2.00 bits per heavy atom. The van der Waals surface area contributed by atoms with Gasteiger partial charge in [0, 0.05) is 25.0 Å². The van der Waals surface area contributed by atoms with Crippen molar-refractivity contribution in [2.24, 2.45) is 4.99 Å². The summed E-state index contributed by atoms with van der Waals surface area (Å²) in [4.78, 5) is 20.8. The van der Waals surface area contributed by atoms with Gasteiger partial charge in [0.2, 0.25) is 0 Å². The molecule has 3 aromatic rings. The molecule has 164 valence electrons. The van der Waals surface area contributed by atoms with Crippen molar-refractivity contribution in [2.75, 3.05) is 18.4 Å². The molecule has 7 nitrogen and oxygen atoms in total. The molecule has 31 heavy (non-hydrogen) atoms. The van der Waals surface area contributed by atoms with Crippen LogP contribution >= 0.6 is 35.6 Å². The largest absolute Gasteiger partial charge is 0.459 e. The third kappa shape index (κ3) is 8.22. The lowest BCUT2D eigenvalue weighted by molar-refractivity contribution is 0.0996. The number of guanidine groups is 1. The Balaban J connectivity index is 0.00000341. The minimum atomic E-state index is -0.285. The van der Waals surface area contributed by atoms with Crippen molar-refractivity contribution in [1.82, 2.24) is 15.6 Å². The second kappa shape index (κ2) is 13.0. The molecule has 2 aromatic heterocycles. The van der Waals surface area contributed by atoms with E-state index in [-0.39, 0.29) is 35.6 Å². The molecule has 3 rings (SSSR count). The van der Waals surface area contributed by atoms with E-state index < -0.39 is 0 Å². The van der Waals surface area contributed by atoms with Crippen LogP contribution in [-0.2, 0) is 13.0 Å². The molecule has 0 aliphatic rings. The van der Waals surface area contributed by atoms with Crippen LogP contribution in [0.1, 0.15) is 28.6 Å². The van der Waals surface area contributed by atoms with Gasteiger partial charge in [-0.1, -0.05) is 29.8 Å². The van der Waals surface area contributed by atoms with Crippen molar-refractivity contribution >= 4 is 53.1 Å². The van der Waals surface area contributed by atoms with Crippen molar-refractivity contribution in [3.8, 4) is 0 Å². The molecular weight excluding hydrogens is 529 g/mol. The van der Waals surface area contributed by atoms with E-state index in [1.165, 1.54) is 6.26 Å². The molecule has 0 saturated carbocycles. The maximum absolute atomic E-state index is 12.1. The first-order valence-electron chi connectivity index (χ1n) is 9.70. The number of hydrogen-bond acceptors (Lipinski definition) is 4. The Labute approximate surface area is 203 Å². The van der Waals surface area contributed by atoms with Crippen molar-refractivity contribution < 1.29 is 9.21 Å². The van der Waals surface area contributed by atoms with Crippen LogP contribution in [0.5, 0.6) is 0 Å². The third-order valence-electron chi connectivity index (χ3n) is 4.19. The number of aliphatic imine (C=N–C) groups is 1. The lowest BCUT2D eigenvalue weighted by atomic mass is 10.2. The van der Waals surface area contributed by atoms with Gasteiger partial charge in [-0.05, 0) is 54.8 Å². The zero-order chi connectivity index (χ0) is 21.2. The van der Waals surface area contributed by atoms with Crippen LogP contribution in [0.2, 0.25) is 5.15 Å². The Morgan fingerprint density at radius 3 is 2.71 bits per heavy atom. The summed E-state index contributed by atoms with van der Waals surface area (Å²) in [5, 5.41) is 9.87. The Hall–Kier alpha value is -2.59. The fourth-order valence-corrected chi connectivity index (χ4v) is 2.85. The number of furan rings is 1. The van der Waals surface area contributed by atoms with Gasteiger partial charge in [-0.15, -0.1) is 24.0 Å². The molecule has 2 heterocycles. The van der Waals surface area contributed by atoms with E-state index in [0.717, 1.165) is 30.1 Å². The van der Waals surface area contributed by atoms with Gasteiger partial charge in [0.25, 0.3) is 5.91 Å². The molecule has 9 heteroatoms. The van der Waals surface area contributed by atoms with Crippen LogP contribution in [-0.4, -0.2) is 29.9 Å². The number of amides is 1. The number of pyridine rings is 1. The highest BCUT2D eigenvalue weighted by Crippen LogP contribution is 2.13. The summed E-state index contributed by atoms with van der Waals surface area (Å²) < 4.78 is 5.12. The molecule has 1 aromatic carbocycles. The predicted molar refractivity (Wildman–Crippen MR) is 134 cm³/mol. The summed E-state index contributed by atoms with van der Waals surface area (Å²) in [6.45, 7) is 3.97. The molecule has 0 unspecified atom stereocenters. The van der Waals surface area contributed by atoms with Crippen LogP contribution in [0.25, 0.3) is 0 Å². The molecule has 0 aliphatic heterocycles. The Kier molecular flexibility index (Phi) is 10.3. The van der Waals surface area contributed by atoms with E-state index >= 15 is 0 Å². The maximum atomic E-state index is 12.1. The fraction of sp³-hybridized carbons (Fsp3) is 0.227. The summed E-state index contributed by atoms with van der Waals surface area (Å²) in [6, 6.07) is 14.6. The van der Waals surface area contributed by atoms with E-state index in [4.69, 9.17) is 16.0 Å². The van der Waals surface area contributed by atoms with Gasteiger partial charge in [0.15, 0.2) is 11.7 Å². The van der Waals surface area contributed by atoms with Gasteiger partial charge < -0.3 is 20.4 Å². The average molecular weight is 554 g/mol. The number of hydrogen-bond donors (Lipinski definition) is 3. The first-order valence-corrected chi connectivity index (χ1v) is 10.1. The van der Waals surface area contributed by atoms with Gasteiger partial charge in [-0.2, -0.15) is 0 Å². The number of anilines is 1. The second-order valence-electron chi connectivity index (χ2n) is 6.49. The molecular formula is C22H25ClIN5O2. The number of rotatable bonds is 8. The van der Waals surface area contributed by atoms with Gasteiger partial charge >= 0.3 is 0 Å². The molecule has 0 fully saturated rings. The number of aromatic nitrogens is 1. The number of nitrogens with one attached hydrogen (secondary N) is 3. The van der Waals surface area contributed by atoms with Crippen molar-refractivity contribution in [2.45, 2.75) is 19.9 Å². The first kappa shape index (κ1) is 24.7. The van der Waals surface area contributed by atoms with E-state index in [1.54, 1.807) is 24.4 Å². The highest BCUT2D eigenvalue weighted by molar-refractivity contribution is 14.0. The molecule has 0 atom stereocenters. The normalized spacial score (nSPS) is 10.8. The monoisotopic (exact) mass is 553 g/mol. The summed E-state index contributed by atoms with van der Waals surface area (Å²) in [7, 11) is 0. The molecule has 0 bridgehead atoms. The number of carbonyl (C=O) groups excluding carboxylic acids is 1. The van der Waals surface area contributed by atoms with E-state index in [0.29, 0.717) is 23.9 Å². The van der Waals surface area contributed by atoms with Gasteiger partial charge in [0.1, 0.15) is 5.15 Å². The quantitative estimate of drug-likeness (QED) is 0.165. The molecule has 0 aliphatic carbocycles. The molecule has 0 saturated heterocycles. The fourth-order valence-electron chi connectivity index (χ4n) is 2.74. The van der Waals surface area contributed by atoms with E-state index in [2.05, 4.69) is 25.9 Å². The van der Waals surface area contributed by atoms with Crippen LogP contribution < -0.4 is 16.0 Å². The molecule has 1 amide bonds. The number of nitrogens with zero attached hydrogens (tertiary/aromatic N) is 2. The SMILES string of the molecule is CCNC(=NCc1cccc(NC(=O)c2ccco2)c1)NCCc1ccc(Cl)nc1.I. The number of carbonyl (C=O) groups is 1. The third-order valence-corrected chi connectivity index (χ3v) is 4.41. The summed E-state index contributed by atoms with van der Waals surface area (Å²) in [6.07, 6.45) is 4.05. The van der Waals surface area contributed by atoms with Gasteiger partial charge in [0.05, 0.1) is 12.8 Å². The standard InChI is InChI=1S/C22H24ClN5O2.HI/c1-2-24-22(25-11-10-16-8-9-20(23)26-14-16)27-15-17-5-3-6-18(13-17)28-21(29)19-7-4-12-30-19;/h3-9,12-14H,2,10-11,15H2,1H3,(H,28,29)(H2,24,25,27);1H. The van der Waals surface area contributed by atoms with Crippen LogP contribution in [0.3, 0.4) is 0 Å². The highest BCUT2D eigenvalue weighted by atomic mass is 127. The summed E-state index contributed by atoms with van der Waals surface area (Å²) in [5.74, 6) is 0.713. The lowest BCUT2D eigenvalue weighted by Gasteiger charge is -2.11. The zero-order valence-corrected chi connectivity index (χ0v) is 20.2. The smallest absolute Gasteiger partial charge is 0.291 e. The summed E-state index contributed by atoms with van der Waals surface area (Å²) in [5.41, 5.74) is 2.77. The Morgan fingerprint density at radius 1 is 1.13 bits per heavy atom. The zero-order valence-electron chi connectivity index (χ0n) is 17.1. The lowest BCUT2D eigenvalue weighted by Crippen LogP contribution is -2.38. The van der Waals surface area contributed by atoms with Crippen molar-refractivity contribution in [1.29, 1.82) is 0 Å². The van der Waals surface area contributed by atoms with Crippen LogP contribution in [0.4, 0.5) is 5.69 Å². The number of halogens is 2. The number of benzene rings is 1. The van der Waals surface area contributed by atoms with Crippen molar-refractivity contribution in [3.05, 3.63) is 83.0 Å². The highest BCUT2D eigenvalue weighted by Gasteiger charge is 2.08. The first-order chi connectivity index (χ1) is 14.6. The Bertz CT molecular complexity index is 978. The molecule has 3 N–H and O–H groups in total. The second-order valence-corrected chi connectivity index (χ2v) is 6.88. The van der Waals surface area contributed by atoms with Gasteiger partial charge in [-0.25, -0.2) is 9.98 Å². The van der Waals surface area contributed by atoms with Crippen LogP contribution in [0, 0.1) is 0 Å². The minimum absolute atomic E-state index is 0. The van der Waals surface area contributed by atoms with E-state index in [9.17, 15) is 4.79 Å². The topological polar surface area (TPSA) is 91.5 Å². The molecule has 0 spiro atoms. The minimum Gasteiger partial charge on any atom is -0.459 e. The molecule has 0 radical (unpaired) electrons. The predicted octanol–water partition coefficient (Wildman–Crippen LogP) is 4.50.